The van der Waals surface area contributed by atoms with E-state index in [2.05, 4.69) is 5.10 Å². The van der Waals surface area contributed by atoms with Gasteiger partial charge in [0.1, 0.15) is 5.69 Å². The Bertz CT molecular complexity index is 615. The van der Waals surface area contributed by atoms with Gasteiger partial charge in [-0.3, -0.25) is 10.1 Å². The summed E-state index contributed by atoms with van der Waals surface area (Å²) in [5.41, 5.74) is 0.502. The summed E-state index contributed by atoms with van der Waals surface area (Å²) in [6.07, 6.45) is 0. The number of rotatable bonds is 2. The molecule has 19 heavy (non-hydrogen) atoms. The van der Waals surface area contributed by atoms with Gasteiger partial charge in [0.2, 0.25) is 5.15 Å². The Labute approximate surface area is 116 Å². The van der Waals surface area contributed by atoms with Crippen molar-refractivity contribution in [2.45, 2.75) is 26.2 Å². The number of benzene rings is 1. The lowest BCUT2D eigenvalue weighted by molar-refractivity contribution is -0.385. The van der Waals surface area contributed by atoms with Gasteiger partial charge in [-0.15, -0.1) is 0 Å². The fraction of sp³-hybridized carbons (Fsp3) is 0.308. The van der Waals surface area contributed by atoms with Gasteiger partial charge in [-0.25, -0.2) is 4.68 Å². The number of hydrogen-bond donors (Lipinski definition) is 0. The zero-order valence-electron chi connectivity index (χ0n) is 10.9. The highest BCUT2D eigenvalue weighted by Crippen LogP contribution is 2.37. The molecule has 1 heterocycles. The third-order valence-electron chi connectivity index (χ3n) is 2.70. The smallest absolute Gasteiger partial charge is 0.258 e. The van der Waals surface area contributed by atoms with Gasteiger partial charge in [-0.2, -0.15) is 5.10 Å². The van der Waals surface area contributed by atoms with Crippen LogP contribution in [-0.2, 0) is 5.41 Å². The molecule has 0 aliphatic rings. The standard InChI is InChI=1S/C13H14ClN3O2/c1-13(2,3)11-10(17(18)19)12(14)16(15-11)9-7-5-4-6-8-9/h4-8H,1-3H3. The second-order valence-corrected chi connectivity index (χ2v) is 5.60. The number of halogens is 1. The minimum atomic E-state index is -0.477. The van der Waals surface area contributed by atoms with Crippen molar-refractivity contribution >= 4 is 17.3 Å². The molecule has 0 atom stereocenters. The van der Waals surface area contributed by atoms with Crippen LogP contribution in [0.15, 0.2) is 30.3 Å². The second kappa shape index (κ2) is 4.66. The van der Waals surface area contributed by atoms with E-state index in [0.717, 1.165) is 0 Å². The first-order valence-electron chi connectivity index (χ1n) is 5.81. The number of nitro groups is 1. The summed E-state index contributed by atoms with van der Waals surface area (Å²) >= 11 is 6.12. The third-order valence-corrected chi connectivity index (χ3v) is 3.04. The molecule has 1 aromatic heterocycles. The summed E-state index contributed by atoms with van der Waals surface area (Å²) in [7, 11) is 0. The number of hydrogen-bond acceptors (Lipinski definition) is 3. The van der Waals surface area contributed by atoms with Crippen molar-refractivity contribution in [2.24, 2.45) is 0 Å². The monoisotopic (exact) mass is 279 g/mol. The van der Waals surface area contributed by atoms with Gasteiger partial charge in [0, 0.05) is 5.41 Å². The van der Waals surface area contributed by atoms with E-state index in [9.17, 15) is 10.1 Å². The zero-order chi connectivity index (χ0) is 14.2. The first-order valence-corrected chi connectivity index (χ1v) is 6.19. The zero-order valence-corrected chi connectivity index (χ0v) is 11.7. The summed E-state index contributed by atoms with van der Waals surface area (Å²) in [5.74, 6) is 0. The SMILES string of the molecule is CC(C)(C)c1nn(-c2ccccc2)c(Cl)c1[N+](=O)[O-]. The molecule has 0 unspecified atom stereocenters. The first-order chi connectivity index (χ1) is 8.82. The van der Waals surface area contributed by atoms with Crippen LogP contribution in [0.1, 0.15) is 26.5 Å². The van der Waals surface area contributed by atoms with Crippen LogP contribution in [0.5, 0.6) is 0 Å². The quantitative estimate of drug-likeness (QED) is 0.621. The molecule has 0 N–H and O–H groups in total. The molecule has 0 aliphatic carbocycles. The third kappa shape index (κ3) is 2.46. The molecular weight excluding hydrogens is 266 g/mol. The van der Waals surface area contributed by atoms with Gasteiger partial charge in [0.25, 0.3) is 0 Å². The Balaban J connectivity index is 2.70. The lowest BCUT2D eigenvalue weighted by atomic mass is 9.91. The molecule has 100 valence electrons. The maximum absolute atomic E-state index is 11.2. The summed E-state index contributed by atoms with van der Waals surface area (Å²) < 4.78 is 1.40. The summed E-state index contributed by atoms with van der Waals surface area (Å²) in [4.78, 5) is 10.7. The van der Waals surface area contributed by atoms with Gasteiger partial charge >= 0.3 is 5.69 Å². The summed E-state index contributed by atoms with van der Waals surface area (Å²) in [6, 6.07) is 9.12. The fourth-order valence-corrected chi connectivity index (χ4v) is 2.09. The Hall–Kier alpha value is -1.88. The van der Waals surface area contributed by atoms with E-state index in [-0.39, 0.29) is 10.8 Å². The molecule has 1 aromatic carbocycles. The van der Waals surface area contributed by atoms with E-state index >= 15 is 0 Å². The van der Waals surface area contributed by atoms with E-state index in [0.29, 0.717) is 11.4 Å². The van der Waals surface area contributed by atoms with E-state index in [1.165, 1.54) is 4.68 Å². The minimum Gasteiger partial charge on any atom is -0.258 e. The molecular formula is C13H14ClN3O2. The summed E-state index contributed by atoms with van der Waals surface area (Å²) in [5, 5.41) is 15.5. The highest BCUT2D eigenvalue weighted by Gasteiger charge is 2.34. The molecule has 0 saturated carbocycles. The van der Waals surface area contributed by atoms with Crippen LogP contribution in [0.25, 0.3) is 5.69 Å². The normalized spacial score (nSPS) is 11.6. The van der Waals surface area contributed by atoms with Crippen molar-refractivity contribution in [2.75, 3.05) is 0 Å². The van der Waals surface area contributed by atoms with Crippen LogP contribution in [0, 0.1) is 10.1 Å². The van der Waals surface area contributed by atoms with Crippen molar-refractivity contribution in [1.29, 1.82) is 0 Å². The predicted octanol–water partition coefficient (Wildman–Crippen LogP) is 3.73. The summed E-state index contributed by atoms with van der Waals surface area (Å²) in [6.45, 7) is 5.61. The van der Waals surface area contributed by atoms with Crippen LogP contribution in [0.2, 0.25) is 5.15 Å². The average Bonchev–Trinajstić information content (AvgIpc) is 2.68. The fourth-order valence-electron chi connectivity index (χ4n) is 1.80. The van der Waals surface area contributed by atoms with Crippen molar-refractivity contribution in [3.05, 3.63) is 51.3 Å². The second-order valence-electron chi connectivity index (χ2n) is 5.24. The van der Waals surface area contributed by atoms with Gasteiger partial charge in [-0.1, -0.05) is 50.6 Å². The first kappa shape index (κ1) is 13.5. The largest absolute Gasteiger partial charge is 0.330 e. The number of aromatic nitrogens is 2. The van der Waals surface area contributed by atoms with Gasteiger partial charge in [0.15, 0.2) is 0 Å². The predicted molar refractivity (Wildman–Crippen MR) is 73.9 cm³/mol. The lowest BCUT2D eigenvalue weighted by Crippen LogP contribution is -2.14. The Morgan fingerprint density at radius 3 is 2.26 bits per heavy atom. The minimum absolute atomic E-state index is 0.0288. The van der Waals surface area contributed by atoms with Crippen LogP contribution in [0.4, 0.5) is 5.69 Å². The highest BCUT2D eigenvalue weighted by atomic mass is 35.5. The molecule has 5 nitrogen and oxygen atoms in total. The van der Waals surface area contributed by atoms with Crippen molar-refractivity contribution in [3.8, 4) is 5.69 Å². The van der Waals surface area contributed by atoms with E-state index in [1.807, 2.05) is 39.0 Å². The maximum atomic E-state index is 11.2. The van der Waals surface area contributed by atoms with Gasteiger partial charge < -0.3 is 0 Å². The van der Waals surface area contributed by atoms with Gasteiger partial charge in [-0.05, 0) is 12.1 Å². The van der Waals surface area contributed by atoms with Crippen molar-refractivity contribution < 1.29 is 4.92 Å². The van der Waals surface area contributed by atoms with E-state index in [1.54, 1.807) is 12.1 Å². The van der Waals surface area contributed by atoms with Crippen LogP contribution >= 0.6 is 11.6 Å². The Kier molecular flexibility index (Phi) is 3.32. The molecule has 0 fully saturated rings. The molecule has 2 aromatic rings. The molecule has 6 heteroatoms. The molecule has 0 spiro atoms. The van der Waals surface area contributed by atoms with Crippen LogP contribution < -0.4 is 0 Å². The van der Waals surface area contributed by atoms with Gasteiger partial charge in [0.05, 0.1) is 10.6 Å². The number of para-hydroxylation sites is 1. The number of nitrogens with zero attached hydrogens (tertiary/aromatic N) is 3. The average molecular weight is 280 g/mol. The molecule has 0 bridgehead atoms. The molecule has 0 radical (unpaired) electrons. The van der Waals surface area contributed by atoms with Crippen molar-refractivity contribution in [1.82, 2.24) is 9.78 Å². The van der Waals surface area contributed by atoms with Crippen LogP contribution in [-0.4, -0.2) is 14.7 Å². The van der Waals surface area contributed by atoms with Crippen molar-refractivity contribution in [3.63, 3.8) is 0 Å². The van der Waals surface area contributed by atoms with E-state index < -0.39 is 10.3 Å². The molecule has 2 rings (SSSR count). The Morgan fingerprint density at radius 1 is 1.26 bits per heavy atom. The molecule has 0 aliphatic heterocycles. The Morgan fingerprint density at radius 2 is 1.84 bits per heavy atom. The van der Waals surface area contributed by atoms with Crippen LogP contribution in [0.3, 0.4) is 0 Å². The lowest BCUT2D eigenvalue weighted by Gasteiger charge is -2.13. The highest BCUT2D eigenvalue weighted by molar-refractivity contribution is 6.32. The maximum Gasteiger partial charge on any atom is 0.330 e. The topological polar surface area (TPSA) is 61.0 Å². The molecule has 0 saturated heterocycles. The molecule has 0 amide bonds. The van der Waals surface area contributed by atoms with E-state index in [4.69, 9.17) is 11.6 Å².